The fourth-order valence-electron chi connectivity index (χ4n) is 3.39. The molecule has 4 heterocycles. The van der Waals surface area contributed by atoms with Crippen molar-refractivity contribution in [3.05, 3.63) is 90.8 Å². The van der Waals surface area contributed by atoms with E-state index in [1.165, 1.54) is 35.3 Å². The van der Waals surface area contributed by atoms with E-state index in [9.17, 15) is 22.0 Å². The summed E-state index contributed by atoms with van der Waals surface area (Å²) in [5, 5.41) is 11.4. The molecule has 0 spiro atoms. The van der Waals surface area contributed by atoms with Gasteiger partial charge in [0.2, 0.25) is 5.82 Å². The van der Waals surface area contributed by atoms with E-state index in [1.807, 2.05) is 0 Å². The number of hydrogen-bond acceptors (Lipinski definition) is 6. The Morgan fingerprint density at radius 1 is 0.861 bits per heavy atom. The lowest BCUT2D eigenvalue weighted by Crippen LogP contribution is -2.21. The van der Waals surface area contributed by atoms with Gasteiger partial charge in [0.1, 0.15) is 5.75 Å². The van der Waals surface area contributed by atoms with Gasteiger partial charge >= 0.3 is 12.5 Å². The number of nitrogens with zero attached hydrogens (tertiary/aromatic N) is 6. The summed E-state index contributed by atoms with van der Waals surface area (Å²) in [6.07, 6.45) is -2.58. The quantitative estimate of drug-likeness (QED) is 0.287. The molecular weight excluding hydrogens is 487 g/mol. The van der Waals surface area contributed by atoms with E-state index in [2.05, 4.69) is 25.0 Å². The first-order chi connectivity index (χ1) is 17.2. The normalized spacial score (nSPS) is 12.2. The van der Waals surface area contributed by atoms with E-state index in [0.29, 0.717) is 22.5 Å². The van der Waals surface area contributed by atoms with Crippen molar-refractivity contribution in [2.75, 3.05) is 0 Å². The maximum Gasteiger partial charge on any atom is 0.573 e. The molecule has 0 aliphatic heterocycles. The van der Waals surface area contributed by atoms with Crippen LogP contribution in [0.5, 0.6) is 5.75 Å². The van der Waals surface area contributed by atoms with Crippen LogP contribution in [0.15, 0.2) is 79.4 Å². The lowest BCUT2D eigenvalue weighted by Gasteiger charge is -2.15. The van der Waals surface area contributed by atoms with E-state index < -0.39 is 30.7 Å². The first kappa shape index (κ1) is 23.4. The molecule has 13 heteroatoms. The summed E-state index contributed by atoms with van der Waals surface area (Å²) in [5.41, 5.74) is 1.45. The van der Waals surface area contributed by atoms with E-state index in [0.717, 1.165) is 16.5 Å². The zero-order chi connectivity index (χ0) is 25.3. The molecule has 0 saturated heterocycles. The zero-order valence-electron chi connectivity index (χ0n) is 18.1. The average Bonchev–Trinajstić information content (AvgIpc) is 3.53. The van der Waals surface area contributed by atoms with Gasteiger partial charge in [0.05, 0.1) is 6.61 Å². The van der Waals surface area contributed by atoms with Gasteiger partial charge in [-0.15, -0.1) is 23.4 Å². The lowest BCUT2D eigenvalue weighted by atomic mass is 10.1. The van der Waals surface area contributed by atoms with Crippen molar-refractivity contribution in [2.24, 2.45) is 0 Å². The molecule has 0 amide bonds. The molecule has 5 aromatic rings. The molecule has 5 rings (SSSR count). The molecule has 0 radical (unpaired) electrons. The highest BCUT2D eigenvalue weighted by molar-refractivity contribution is 5.65. The SMILES string of the molecule is FC(F)(F)Oc1ccc(-c2ccc3nnc(C(F)(F)OCc4ccc(-n5cccn5)nc4)n3c2)cc1. The number of rotatable bonds is 7. The number of halogens is 5. The summed E-state index contributed by atoms with van der Waals surface area (Å²) in [6, 6.07) is 13.0. The van der Waals surface area contributed by atoms with E-state index >= 15 is 0 Å². The minimum Gasteiger partial charge on any atom is -0.406 e. The van der Waals surface area contributed by atoms with Crippen LogP contribution in [0.4, 0.5) is 22.0 Å². The number of pyridine rings is 2. The number of hydrogen-bond donors (Lipinski definition) is 0. The fourth-order valence-corrected chi connectivity index (χ4v) is 3.39. The Morgan fingerprint density at radius 2 is 1.64 bits per heavy atom. The predicted octanol–water partition coefficient (Wildman–Crippen LogP) is 5.14. The molecule has 4 aromatic heterocycles. The smallest absolute Gasteiger partial charge is 0.406 e. The van der Waals surface area contributed by atoms with Crippen LogP contribution in [0.1, 0.15) is 11.4 Å². The molecule has 0 saturated carbocycles. The minimum absolute atomic E-state index is 0.138. The summed E-state index contributed by atoms with van der Waals surface area (Å²) in [4.78, 5) is 4.18. The van der Waals surface area contributed by atoms with Crippen molar-refractivity contribution in [2.45, 2.75) is 19.1 Å². The first-order valence-electron chi connectivity index (χ1n) is 10.4. The second-order valence-electron chi connectivity index (χ2n) is 7.52. The van der Waals surface area contributed by atoms with Crippen molar-refractivity contribution >= 4 is 5.65 Å². The Morgan fingerprint density at radius 3 is 2.31 bits per heavy atom. The third-order valence-electron chi connectivity index (χ3n) is 5.05. The van der Waals surface area contributed by atoms with Crippen molar-refractivity contribution in [1.82, 2.24) is 29.4 Å². The Labute approximate surface area is 199 Å². The van der Waals surface area contributed by atoms with Gasteiger partial charge in [0, 0.05) is 24.8 Å². The van der Waals surface area contributed by atoms with Crippen molar-refractivity contribution < 1.29 is 31.4 Å². The molecule has 0 bridgehead atoms. The van der Waals surface area contributed by atoms with Crippen molar-refractivity contribution in [1.29, 1.82) is 0 Å². The fraction of sp³-hybridized carbons (Fsp3) is 0.130. The summed E-state index contributed by atoms with van der Waals surface area (Å²) in [5.74, 6) is -0.633. The topological polar surface area (TPSA) is 79.4 Å². The number of fused-ring (bicyclic) bond motifs is 1. The molecule has 1 aromatic carbocycles. The van der Waals surface area contributed by atoms with Crippen LogP contribution in [0.3, 0.4) is 0 Å². The number of ether oxygens (including phenoxy) is 2. The molecule has 0 aliphatic rings. The Bertz CT molecular complexity index is 1470. The zero-order valence-corrected chi connectivity index (χ0v) is 18.1. The van der Waals surface area contributed by atoms with Gasteiger partial charge in [-0.2, -0.15) is 13.9 Å². The molecule has 0 N–H and O–H groups in total. The second-order valence-corrected chi connectivity index (χ2v) is 7.52. The van der Waals surface area contributed by atoms with Gasteiger partial charge in [-0.05, 0) is 53.1 Å². The highest BCUT2D eigenvalue weighted by Gasteiger charge is 2.39. The molecule has 0 unspecified atom stereocenters. The molecule has 36 heavy (non-hydrogen) atoms. The van der Waals surface area contributed by atoms with Gasteiger partial charge in [0.15, 0.2) is 11.5 Å². The monoisotopic (exact) mass is 502 g/mol. The Kier molecular flexibility index (Phi) is 5.84. The summed E-state index contributed by atoms with van der Waals surface area (Å²) in [6.45, 7) is -0.450. The number of alkyl halides is 5. The first-order valence-corrected chi connectivity index (χ1v) is 10.4. The van der Waals surface area contributed by atoms with Crippen LogP contribution in [-0.2, 0) is 17.5 Å². The van der Waals surface area contributed by atoms with E-state index in [4.69, 9.17) is 4.74 Å². The molecule has 8 nitrogen and oxygen atoms in total. The Balaban J connectivity index is 1.34. The second kappa shape index (κ2) is 9.00. The predicted molar refractivity (Wildman–Crippen MR) is 115 cm³/mol. The van der Waals surface area contributed by atoms with E-state index in [-0.39, 0.29) is 5.65 Å². The summed E-state index contributed by atoms with van der Waals surface area (Å²) < 4.78 is 78.3. The van der Waals surface area contributed by atoms with Gasteiger partial charge < -0.3 is 9.47 Å². The lowest BCUT2D eigenvalue weighted by molar-refractivity contribution is -0.274. The highest BCUT2D eigenvalue weighted by Crippen LogP contribution is 2.31. The van der Waals surface area contributed by atoms with Crippen LogP contribution in [0, 0.1) is 0 Å². The molecular formula is C23H15F5N6O2. The number of benzene rings is 1. The third kappa shape index (κ3) is 5.00. The molecule has 0 aliphatic carbocycles. The van der Waals surface area contributed by atoms with Gasteiger partial charge in [-0.25, -0.2) is 9.67 Å². The van der Waals surface area contributed by atoms with Gasteiger partial charge in [-0.1, -0.05) is 18.2 Å². The highest BCUT2D eigenvalue weighted by atomic mass is 19.4. The van der Waals surface area contributed by atoms with Crippen LogP contribution in [0.2, 0.25) is 0 Å². The maximum absolute atomic E-state index is 14.9. The molecule has 184 valence electrons. The van der Waals surface area contributed by atoms with Crippen LogP contribution < -0.4 is 4.74 Å². The largest absolute Gasteiger partial charge is 0.573 e. The van der Waals surface area contributed by atoms with Crippen LogP contribution in [-0.4, -0.2) is 35.7 Å². The van der Waals surface area contributed by atoms with E-state index in [1.54, 1.807) is 36.7 Å². The summed E-state index contributed by atoms with van der Waals surface area (Å²) in [7, 11) is 0. The van der Waals surface area contributed by atoms with Crippen molar-refractivity contribution in [3.63, 3.8) is 0 Å². The van der Waals surface area contributed by atoms with Crippen LogP contribution in [0.25, 0.3) is 22.6 Å². The van der Waals surface area contributed by atoms with Crippen molar-refractivity contribution in [3.8, 4) is 22.7 Å². The average molecular weight is 502 g/mol. The standard InChI is InChI=1S/C23H15F5N6O2/c24-22(25,35-14-15-2-8-19(29-12-15)34-11-1-10-30-34)21-32-31-20-9-5-17(13-33(20)21)16-3-6-18(7-4-16)36-23(26,27)28/h1-13H,14H2. The Hall–Kier alpha value is -4.39. The van der Waals surface area contributed by atoms with Crippen LogP contribution >= 0.6 is 0 Å². The third-order valence-corrected chi connectivity index (χ3v) is 5.05. The van der Waals surface area contributed by atoms with Gasteiger partial charge in [-0.3, -0.25) is 4.40 Å². The molecule has 0 atom stereocenters. The minimum atomic E-state index is -4.82. The molecule has 0 fully saturated rings. The number of aromatic nitrogens is 6. The maximum atomic E-state index is 14.9. The summed E-state index contributed by atoms with van der Waals surface area (Å²) >= 11 is 0. The van der Waals surface area contributed by atoms with Gasteiger partial charge in [0.25, 0.3) is 0 Å².